The van der Waals surface area contributed by atoms with Crippen molar-refractivity contribution in [3.05, 3.63) is 0 Å². The predicted octanol–water partition coefficient (Wildman–Crippen LogP) is 1.82. The second-order valence-electron chi connectivity index (χ2n) is 7.14. The van der Waals surface area contributed by atoms with E-state index >= 15 is 0 Å². The Bertz CT molecular complexity index is 363. The Morgan fingerprint density at radius 3 is 1.11 bits per heavy atom. The highest BCUT2D eigenvalue weighted by molar-refractivity contribution is 5.85. The Balaban J connectivity index is 3.43. The van der Waals surface area contributed by atoms with Crippen LogP contribution in [0.2, 0.25) is 0 Å². The number of hydrogen-bond acceptors (Lipinski definition) is 2. The minimum absolute atomic E-state index is 0.299. The van der Waals surface area contributed by atoms with Crippen LogP contribution in [-0.2, 0) is 9.59 Å². The summed E-state index contributed by atoms with van der Waals surface area (Å²) in [6.07, 6.45) is 1.19. The fourth-order valence-corrected chi connectivity index (χ4v) is 3.37. The van der Waals surface area contributed by atoms with E-state index in [1.165, 1.54) is 0 Å². The van der Waals surface area contributed by atoms with Gasteiger partial charge in [-0.3, -0.25) is 9.59 Å². The Kier molecular flexibility index (Phi) is 3.10. The van der Waals surface area contributed by atoms with Gasteiger partial charge in [-0.1, -0.05) is 41.5 Å². The van der Waals surface area contributed by atoms with Gasteiger partial charge in [-0.15, -0.1) is 0 Å². The molecule has 0 aromatic rings. The minimum Gasteiger partial charge on any atom is -0.369 e. The lowest BCUT2D eigenvalue weighted by molar-refractivity contribution is -0.180. The third kappa shape index (κ3) is 1.44. The molecule has 0 spiro atoms. The van der Waals surface area contributed by atoms with Gasteiger partial charge >= 0.3 is 0 Å². The normalized spacial score (nSPS) is 38.1. The molecule has 4 nitrogen and oxygen atoms in total. The summed E-state index contributed by atoms with van der Waals surface area (Å²) in [7, 11) is 0. The second kappa shape index (κ2) is 3.72. The van der Waals surface area contributed by atoms with E-state index in [1.54, 1.807) is 0 Å². The van der Waals surface area contributed by atoms with E-state index in [2.05, 4.69) is 0 Å². The molecule has 2 atom stereocenters. The van der Waals surface area contributed by atoms with E-state index in [0.29, 0.717) is 12.8 Å². The fraction of sp³-hybridized carbons (Fsp3) is 0.857. The molecule has 2 unspecified atom stereocenters. The third-order valence-corrected chi connectivity index (χ3v) is 6.53. The molecular formula is C14H26N2O2. The van der Waals surface area contributed by atoms with Gasteiger partial charge in [0.15, 0.2) is 0 Å². The van der Waals surface area contributed by atoms with Crippen molar-refractivity contribution in [3.8, 4) is 0 Å². The van der Waals surface area contributed by atoms with E-state index in [9.17, 15) is 9.59 Å². The Hall–Kier alpha value is -1.06. The summed E-state index contributed by atoms with van der Waals surface area (Å²) in [6.45, 7) is 11.8. The fourth-order valence-electron chi connectivity index (χ4n) is 3.37. The molecule has 1 aliphatic rings. The van der Waals surface area contributed by atoms with E-state index in [-0.39, 0.29) is 11.8 Å². The van der Waals surface area contributed by atoms with Crippen molar-refractivity contribution in [1.82, 2.24) is 0 Å². The molecule has 18 heavy (non-hydrogen) atoms. The molecule has 1 rings (SSSR count). The Morgan fingerprint density at radius 1 is 0.722 bits per heavy atom. The van der Waals surface area contributed by atoms with Gasteiger partial charge < -0.3 is 11.5 Å². The molecule has 0 aromatic carbocycles. The highest BCUT2D eigenvalue weighted by atomic mass is 16.2. The first-order valence-electron chi connectivity index (χ1n) is 6.44. The third-order valence-electron chi connectivity index (χ3n) is 6.53. The minimum atomic E-state index is -0.620. The maximum atomic E-state index is 11.9. The van der Waals surface area contributed by atoms with Crippen LogP contribution in [0.15, 0.2) is 0 Å². The molecule has 0 heterocycles. The van der Waals surface area contributed by atoms with Crippen LogP contribution in [0.1, 0.15) is 54.4 Å². The van der Waals surface area contributed by atoms with Crippen LogP contribution in [0.25, 0.3) is 0 Å². The quantitative estimate of drug-likeness (QED) is 0.787. The Labute approximate surface area is 109 Å². The second-order valence-corrected chi connectivity index (χ2v) is 7.14. The molecule has 0 aromatic heterocycles. The van der Waals surface area contributed by atoms with Crippen LogP contribution in [-0.4, -0.2) is 11.8 Å². The zero-order chi connectivity index (χ0) is 14.6. The lowest BCUT2D eigenvalue weighted by atomic mass is 9.40. The zero-order valence-corrected chi connectivity index (χ0v) is 12.4. The summed E-state index contributed by atoms with van der Waals surface area (Å²) in [5.41, 5.74) is 9.16. The molecule has 0 bridgehead atoms. The lowest BCUT2D eigenvalue weighted by Crippen LogP contribution is -2.64. The Morgan fingerprint density at radius 2 is 0.944 bits per heavy atom. The van der Waals surface area contributed by atoms with E-state index < -0.39 is 21.7 Å². The molecule has 4 N–H and O–H groups in total. The number of rotatable bonds is 2. The van der Waals surface area contributed by atoms with Crippen LogP contribution < -0.4 is 11.5 Å². The number of amides is 2. The lowest BCUT2D eigenvalue weighted by Gasteiger charge is -2.62. The summed E-state index contributed by atoms with van der Waals surface area (Å²) < 4.78 is 0. The van der Waals surface area contributed by atoms with E-state index in [1.807, 2.05) is 41.5 Å². The van der Waals surface area contributed by atoms with Crippen molar-refractivity contribution in [2.24, 2.45) is 33.1 Å². The topological polar surface area (TPSA) is 86.2 Å². The maximum absolute atomic E-state index is 11.9. The van der Waals surface area contributed by atoms with Crippen molar-refractivity contribution in [2.75, 3.05) is 0 Å². The average Bonchev–Trinajstić information content (AvgIpc) is 2.22. The maximum Gasteiger partial charge on any atom is 0.223 e. The number of carbonyl (C=O) groups is 2. The summed E-state index contributed by atoms with van der Waals surface area (Å²) in [5.74, 6) is -0.598. The van der Waals surface area contributed by atoms with Gasteiger partial charge in [-0.2, -0.15) is 0 Å². The van der Waals surface area contributed by atoms with Gasteiger partial charge in [0.2, 0.25) is 11.8 Å². The van der Waals surface area contributed by atoms with Crippen LogP contribution in [0.3, 0.4) is 0 Å². The van der Waals surface area contributed by atoms with Crippen LogP contribution in [0.5, 0.6) is 0 Å². The first-order chi connectivity index (χ1) is 7.84. The monoisotopic (exact) mass is 254 g/mol. The van der Waals surface area contributed by atoms with Gasteiger partial charge in [0.05, 0.1) is 10.8 Å². The summed E-state index contributed by atoms with van der Waals surface area (Å²) in [6, 6.07) is 0. The number of carbonyl (C=O) groups excluding carboxylic acids is 2. The van der Waals surface area contributed by atoms with Crippen LogP contribution in [0.4, 0.5) is 0 Å². The largest absolute Gasteiger partial charge is 0.369 e. The summed E-state index contributed by atoms with van der Waals surface area (Å²) in [4.78, 5) is 23.7. The average molecular weight is 254 g/mol. The SMILES string of the molecule is CC1(C(N)=O)CCC(C)(C(N)=O)C(C)(C)C1(C)C. The molecular weight excluding hydrogens is 228 g/mol. The molecule has 0 saturated heterocycles. The van der Waals surface area contributed by atoms with Crippen molar-refractivity contribution >= 4 is 11.8 Å². The molecule has 2 amide bonds. The van der Waals surface area contributed by atoms with E-state index in [0.717, 1.165) is 0 Å². The van der Waals surface area contributed by atoms with Gasteiger partial charge in [-0.25, -0.2) is 0 Å². The first kappa shape index (κ1) is 15.0. The molecule has 0 radical (unpaired) electrons. The van der Waals surface area contributed by atoms with Gasteiger partial charge in [-0.05, 0) is 23.7 Å². The van der Waals surface area contributed by atoms with Crippen molar-refractivity contribution in [1.29, 1.82) is 0 Å². The summed E-state index contributed by atoms with van der Waals surface area (Å²) >= 11 is 0. The van der Waals surface area contributed by atoms with Crippen molar-refractivity contribution in [2.45, 2.75) is 54.4 Å². The molecule has 1 fully saturated rings. The summed E-state index contributed by atoms with van der Waals surface area (Å²) in [5, 5.41) is 0. The highest BCUT2D eigenvalue weighted by Gasteiger charge is 2.65. The molecule has 0 aliphatic heterocycles. The molecule has 1 saturated carbocycles. The number of primary amides is 2. The first-order valence-corrected chi connectivity index (χ1v) is 6.44. The van der Waals surface area contributed by atoms with Gasteiger partial charge in [0.25, 0.3) is 0 Å². The van der Waals surface area contributed by atoms with Crippen molar-refractivity contribution < 1.29 is 9.59 Å². The van der Waals surface area contributed by atoms with Gasteiger partial charge in [0, 0.05) is 0 Å². The molecule has 104 valence electrons. The number of hydrogen-bond donors (Lipinski definition) is 2. The number of nitrogens with two attached hydrogens (primary N) is 2. The molecule has 1 aliphatic carbocycles. The van der Waals surface area contributed by atoms with Gasteiger partial charge in [0.1, 0.15) is 0 Å². The van der Waals surface area contributed by atoms with Crippen molar-refractivity contribution in [3.63, 3.8) is 0 Å². The van der Waals surface area contributed by atoms with Crippen LogP contribution >= 0.6 is 0 Å². The standard InChI is InChI=1S/C14H26N2O2/c1-11(2)12(3,4)14(6,10(16)18)8-7-13(11,5)9(15)17/h7-8H2,1-6H3,(H2,15,17)(H2,16,18). The smallest absolute Gasteiger partial charge is 0.223 e. The van der Waals surface area contributed by atoms with E-state index in [4.69, 9.17) is 11.5 Å². The zero-order valence-electron chi connectivity index (χ0n) is 12.4. The molecule has 4 heteroatoms. The predicted molar refractivity (Wildman–Crippen MR) is 71.4 cm³/mol. The highest BCUT2D eigenvalue weighted by Crippen LogP contribution is 2.66. The van der Waals surface area contributed by atoms with Crippen LogP contribution in [0, 0.1) is 21.7 Å².